The quantitative estimate of drug-likeness (QED) is 0.861. The monoisotopic (exact) mass is 237 g/mol. The van der Waals surface area contributed by atoms with E-state index in [9.17, 15) is 0 Å². The van der Waals surface area contributed by atoms with Gasteiger partial charge in [-0.15, -0.1) is 12.4 Å². The van der Waals surface area contributed by atoms with E-state index in [1.165, 1.54) is 5.56 Å². The van der Waals surface area contributed by atoms with Crippen molar-refractivity contribution in [2.45, 2.75) is 19.4 Å². The number of imidazole rings is 1. The third kappa shape index (κ3) is 3.08. The molecule has 0 saturated carbocycles. The number of hydrogen-bond acceptors (Lipinski definition) is 2. The lowest BCUT2D eigenvalue weighted by Gasteiger charge is -2.05. The molecule has 2 rings (SSSR count). The first-order valence-electron chi connectivity index (χ1n) is 5.09. The van der Waals surface area contributed by atoms with Gasteiger partial charge in [0.1, 0.15) is 0 Å². The molecule has 0 aliphatic heterocycles. The Morgan fingerprint density at radius 2 is 2.00 bits per heavy atom. The largest absolute Gasteiger partial charge is 0.345 e. The van der Waals surface area contributed by atoms with Gasteiger partial charge in [0.2, 0.25) is 0 Å². The number of halogens is 1. The molecular formula is C12H16ClN3. The van der Waals surface area contributed by atoms with Gasteiger partial charge in [-0.1, -0.05) is 24.3 Å². The molecule has 2 aromatic rings. The van der Waals surface area contributed by atoms with Gasteiger partial charge in [0.25, 0.3) is 0 Å². The van der Waals surface area contributed by atoms with Crippen molar-refractivity contribution in [3.8, 4) is 11.3 Å². The Morgan fingerprint density at radius 3 is 2.50 bits per heavy atom. The topological polar surface area (TPSA) is 54.7 Å². The molecule has 0 saturated heterocycles. The lowest BCUT2D eigenvalue weighted by atomic mass is 10.0. The van der Waals surface area contributed by atoms with Crippen LogP contribution in [0.2, 0.25) is 0 Å². The lowest BCUT2D eigenvalue weighted by Crippen LogP contribution is -2.17. The van der Waals surface area contributed by atoms with E-state index in [0.717, 1.165) is 17.7 Å². The zero-order chi connectivity index (χ0) is 10.7. The van der Waals surface area contributed by atoms with Crippen LogP contribution in [0.1, 0.15) is 12.5 Å². The Morgan fingerprint density at radius 1 is 1.31 bits per heavy atom. The van der Waals surface area contributed by atoms with Crippen LogP contribution in [-0.2, 0) is 6.42 Å². The molecule has 0 aliphatic rings. The van der Waals surface area contributed by atoms with Gasteiger partial charge in [0.15, 0.2) is 0 Å². The predicted octanol–water partition coefficient (Wildman–Crippen LogP) is 2.39. The Labute approximate surface area is 102 Å². The normalized spacial score (nSPS) is 11.9. The summed E-state index contributed by atoms with van der Waals surface area (Å²) in [5.74, 6) is 0. The first-order valence-corrected chi connectivity index (χ1v) is 5.09. The third-order valence-electron chi connectivity index (χ3n) is 2.32. The minimum Gasteiger partial charge on any atom is -0.345 e. The van der Waals surface area contributed by atoms with Crippen LogP contribution in [0, 0.1) is 0 Å². The Balaban J connectivity index is 0.00000128. The van der Waals surface area contributed by atoms with Crippen molar-refractivity contribution in [1.29, 1.82) is 0 Å². The van der Waals surface area contributed by atoms with Crippen molar-refractivity contribution in [2.75, 3.05) is 0 Å². The van der Waals surface area contributed by atoms with Gasteiger partial charge in [-0.3, -0.25) is 0 Å². The summed E-state index contributed by atoms with van der Waals surface area (Å²) in [6.07, 6.45) is 4.43. The maximum Gasteiger partial charge on any atom is 0.0924 e. The van der Waals surface area contributed by atoms with E-state index >= 15 is 0 Å². The first-order chi connectivity index (χ1) is 7.25. The molecule has 1 heterocycles. The van der Waals surface area contributed by atoms with Crippen LogP contribution in [0.4, 0.5) is 0 Å². The zero-order valence-electron chi connectivity index (χ0n) is 9.18. The number of nitrogens with two attached hydrogens (primary N) is 1. The molecule has 3 N–H and O–H groups in total. The minimum atomic E-state index is 0. The molecule has 86 valence electrons. The molecule has 3 nitrogen and oxygen atoms in total. The molecule has 0 aliphatic carbocycles. The van der Waals surface area contributed by atoms with Crippen LogP contribution in [0.3, 0.4) is 0 Å². The van der Waals surface area contributed by atoms with E-state index < -0.39 is 0 Å². The van der Waals surface area contributed by atoms with Gasteiger partial charge in [0.05, 0.1) is 18.2 Å². The summed E-state index contributed by atoms with van der Waals surface area (Å²) >= 11 is 0. The van der Waals surface area contributed by atoms with Crippen molar-refractivity contribution < 1.29 is 0 Å². The number of nitrogens with one attached hydrogen (secondary N) is 1. The van der Waals surface area contributed by atoms with E-state index in [-0.39, 0.29) is 18.4 Å². The summed E-state index contributed by atoms with van der Waals surface area (Å²) in [7, 11) is 0. The molecule has 0 spiro atoms. The molecule has 0 radical (unpaired) electrons. The van der Waals surface area contributed by atoms with Crippen molar-refractivity contribution in [3.63, 3.8) is 0 Å². The van der Waals surface area contributed by atoms with Crippen LogP contribution in [-0.4, -0.2) is 16.0 Å². The van der Waals surface area contributed by atoms with E-state index in [1.54, 1.807) is 6.33 Å². The standard InChI is InChI=1S/C12H15N3.ClH/c1-9(13)6-10-2-4-11(5-3-10)12-7-14-8-15-12;/h2-5,7-9H,6,13H2,1H3,(H,14,15);1H. The number of H-pyrrole nitrogens is 1. The van der Waals surface area contributed by atoms with Crippen LogP contribution < -0.4 is 5.73 Å². The molecule has 16 heavy (non-hydrogen) atoms. The molecule has 0 fully saturated rings. The van der Waals surface area contributed by atoms with Crippen molar-refractivity contribution in [3.05, 3.63) is 42.4 Å². The number of aromatic amines is 1. The van der Waals surface area contributed by atoms with Gasteiger partial charge in [-0.25, -0.2) is 4.98 Å². The van der Waals surface area contributed by atoms with Gasteiger partial charge in [0, 0.05) is 6.04 Å². The highest BCUT2D eigenvalue weighted by Gasteiger charge is 2.00. The molecular weight excluding hydrogens is 222 g/mol. The van der Waals surface area contributed by atoms with Crippen LogP contribution in [0.15, 0.2) is 36.8 Å². The van der Waals surface area contributed by atoms with Crippen molar-refractivity contribution in [1.82, 2.24) is 9.97 Å². The number of hydrogen-bond donors (Lipinski definition) is 2. The fourth-order valence-corrected chi connectivity index (χ4v) is 1.61. The molecule has 1 unspecified atom stereocenters. The Hall–Kier alpha value is -1.32. The molecule has 0 amide bonds. The van der Waals surface area contributed by atoms with Gasteiger partial charge >= 0.3 is 0 Å². The molecule has 4 heteroatoms. The smallest absolute Gasteiger partial charge is 0.0924 e. The van der Waals surface area contributed by atoms with Gasteiger partial charge in [-0.05, 0) is 24.5 Å². The number of rotatable bonds is 3. The minimum absolute atomic E-state index is 0. The number of benzene rings is 1. The summed E-state index contributed by atoms with van der Waals surface area (Å²) in [4.78, 5) is 7.07. The van der Waals surface area contributed by atoms with Crippen LogP contribution in [0.25, 0.3) is 11.3 Å². The van der Waals surface area contributed by atoms with E-state index in [4.69, 9.17) is 5.73 Å². The second kappa shape index (κ2) is 5.68. The summed E-state index contributed by atoms with van der Waals surface area (Å²) in [5, 5.41) is 0. The summed E-state index contributed by atoms with van der Waals surface area (Å²) < 4.78 is 0. The molecule has 0 bridgehead atoms. The maximum atomic E-state index is 5.74. The molecule has 1 aromatic heterocycles. The van der Waals surface area contributed by atoms with Gasteiger partial charge in [-0.2, -0.15) is 0 Å². The molecule has 1 aromatic carbocycles. The second-order valence-electron chi connectivity index (χ2n) is 3.84. The number of nitrogens with zero attached hydrogens (tertiary/aromatic N) is 1. The Kier molecular flexibility index (Phi) is 4.52. The SMILES string of the molecule is CC(N)Cc1ccc(-c2cnc[nH]2)cc1.Cl. The van der Waals surface area contributed by atoms with Crippen molar-refractivity contribution >= 4 is 12.4 Å². The fraction of sp³-hybridized carbons (Fsp3) is 0.250. The Bertz CT molecular complexity index is 406. The zero-order valence-corrected chi connectivity index (χ0v) is 10.00. The summed E-state index contributed by atoms with van der Waals surface area (Å²) in [6.45, 7) is 2.02. The third-order valence-corrected chi connectivity index (χ3v) is 2.32. The van der Waals surface area contributed by atoms with Crippen LogP contribution in [0.5, 0.6) is 0 Å². The first kappa shape index (κ1) is 12.7. The van der Waals surface area contributed by atoms with Crippen molar-refractivity contribution in [2.24, 2.45) is 5.73 Å². The average Bonchev–Trinajstić information content (AvgIpc) is 2.71. The van der Waals surface area contributed by atoms with Crippen LogP contribution >= 0.6 is 12.4 Å². The lowest BCUT2D eigenvalue weighted by molar-refractivity contribution is 0.738. The highest BCUT2D eigenvalue weighted by Crippen LogP contribution is 2.16. The number of aromatic nitrogens is 2. The summed E-state index contributed by atoms with van der Waals surface area (Å²) in [5.41, 5.74) is 9.21. The summed E-state index contributed by atoms with van der Waals surface area (Å²) in [6, 6.07) is 8.61. The van der Waals surface area contributed by atoms with E-state index in [1.807, 2.05) is 13.1 Å². The van der Waals surface area contributed by atoms with E-state index in [2.05, 4.69) is 34.2 Å². The predicted molar refractivity (Wildman–Crippen MR) is 68.6 cm³/mol. The highest BCUT2D eigenvalue weighted by atomic mass is 35.5. The van der Waals surface area contributed by atoms with Gasteiger partial charge < -0.3 is 10.7 Å². The maximum absolute atomic E-state index is 5.74. The fourth-order valence-electron chi connectivity index (χ4n) is 1.61. The average molecular weight is 238 g/mol. The highest BCUT2D eigenvalue weighted by molar-refractivity contribution is 5.85. The van der Waals surface area contributed by atoms with E-state index in [0.29, 0.717) is 0 Å². The second-order valence-corrected chi connectivity index (χ2v) is 3.84. The molecule has 1 atom stereocenters.